The van der Waals surface area contributed by atoms with Crippen LogP contribution in [0, 0.1) is 0 Å². The van der Waals surface area contributed by atoms with Gasteiger partial charge in [0.2, 0.25) is 5.91 Å². The van der Waals surface area contributed by atoms with Crippen molar-refractivity contribution in [3.63, 3.8) is 0 Å². The Morgan fingerprint density at radius 1 is 0.724 bits per heavy atom. The third kappa shape index (κ3) is 3.05. The average Bonchev–Trinajstić information content (AvgIpc) is 2.79. The summed E-state index contributed by atoms with van der Waals surface area (Å²) in [5, 5.41) is 0. The van der Waals surface area contributed by atoms with Crippen molar-refractivity contribution < 1.29 is 14.3 Å². The smallest absolute Gasteiger partial charge is 0.227 e. The lowest BCUT2D eigenvalue weighted by Gasteiger charge is -2.56. The Morgan fingerprint density at radius 2 is 1.21 bits per heavy atom. The predicted molar refractivity (Wildman–Crippen MR) is 110 cm³/mol. The highest BCUT2D eigenvalue weighted by atomic mass is 16.7. The number of rotatable bonds is 4. The fraction of sp³-hybridized carbons (Fsp3) is 0.240. The number of amides is 1. The molecule has 4 nitrogen and oxygen atoms in total. The zero-order valence-corrected chi connectivity index (χ0v) is 16.1. The number of likely N-dealkylation sites (tertiary alicyclic amines) is 1. The van der Waals surface area contributed by atoms with Crippen LogP contribution in [0.1, 0.15) is 29.4 Å². The van der Waals surface area contributed by atoms with E-state index in [1.165, 1.54) is 0 Å². The summed E-state index contributed by atoms with van der Waals surface area (Å²) in [5.41, 5.74) is 2.77. The van der Waals surface area contributed by atoms with Crippen molar-refractivity contribution in [3.8, 4) is 0 Å². The highest BCUT2D eigenvalue weighted by molar-refractivity contribution is 5.88. The average molecular weight is 385 g/mol. The quantitative estimate of drug-likeness (QED) is 0.630. The summed E-state index contributed by atoms with van der Waals surface area (Å²) >= 11 is 0. The molecular formula is C25H23NO3. The van der Waals surface area contributed by atoms with Gasteiger partial charge in [0.1, 0.15) is 5.54 Å². The van der Waals surface area contributed by atoms with Crippen molar-refractivity contribution in [3.05, 3.63) is 108 Å². The van der Waals surface area contributed by atoms with E-state index in [4.69, 9.17) is 9.47 Å². The summed E-state index contributed by atoms with van der Waals surface area (Å²) in [6, 6.07) is 30.3. The zero-order valence-electron chi connectivity index (χ0n) is 16.1. The molecule has 2 fully saturated rings. The molecule has 3 aromatic carbocycles. The molecule has 0 unspecified atom stereocenters. The van der Waals surface area contributed by atoms with Crippen LogP contribution in [0.4, 0.5) is 0 Å². The van der Waals surface area contributed by atoms with Crippen molar-refractivity contribution in [2.45, 2.75) is 24.3 Å². The Morgan fingerprint density at radius 3 is 1.69 bits per heavy atom. The van der Waals surface area contributed by atoms with Gasteiger partial charge in [-0.1, -0.05) is 91.0 Å². The molecule has 2 aliphatic heterocycles. The molecule has 0 aromatic heterocycles. The fourth-order valence-electron chi connectivity index (χ4n) is 4.55. The standard InChI is InChI=1S/C25H23NO3/c27-23-16-25(20-12-6-2-7-13-20,21-14-8-3-9-15-21)26(23)22-17-28-24(29-18-22)19-10-4-1-5-11-19/h1-15,22,24H,16-18H2. The minimum Gasteiger partial charge on any atom is -0.346 e. The van der Waals surface area contributed by atoms with E-state index in [1.54, 1.807) is 0 Å². The van der Waals surface area contributed by atoms with Gasteiger partial charge in [0.05, 0.1) is 25.7 Å². The Labute approximate surface area is 170 Å². The van der Waals surface area contributed by atoms with E-state index in [0.29, 0.717) is 19.6 Å². The van der Waals surface area contributed by atoms with E-state index in [2.05, 4.69) is 24.3 Å². The van der Waals surface area contributed by atoms with Gasteiger partial charge in [-0.2, -0.15) is 0 Å². The van der Waals surface area contributed by atoms with Gasteiger partial charge in [-0.15, -0.1) is 0 Å². The number of benzene rings is 3. The second kappa shape index (κ2) is 7.47. The van der Waals surface area contributed by atoms with Crippen molar-refractivity contribution in [1.82, 2.24) is 4.90 Å². The van der Waals surface area contributed by atoms with Crippen LogP contribution in [0.25, 0.3) is 0 Å². The molecule has 3 aromatic rings. The first-order valence-corrected chi connectivity index (χ1v) is 10.0. The van der Waals surface area contributed by atoms with Gasteiger partial charge in [-0.25, -0.2) is 0 Å². The topological polar surface area (TPSA) is 38.8 Å². The molecule has 2 saturated heterocycles. The van der Waals surface area contributed by atoms with Gasteiger partial charge in [-0.3, -0.25) is 4.79 Å². The monoisotopic (exact) mass is 385 g/mol. The molecule has 0 atom stereocenters. The SMILES string of the molecule is O=C1CC(c2ccccc2)(c2ccccc2)N1C1COC(c2ccccc2)OC1. The molecule has 146 valence electrons. The van der Waals surface area contributed by atoms with Gasteiger partial charge in [0.15, 0.2) is 6.29 Å². The summed E-state index contributed by atoms with van der Waals surface area (Å²) < 4.78 is 12.1. The highest BCUT2D eigenvalue weighted by Gasteiger charge is 2.56. The van der Waals surface area contributed by atoms with Gasteiger partial charge in [0, 0.05) is 5.56 Å². The Bertz CT molecular complexity index is 927. The van der Waals surface area contributed by atoms with Gasteiger partial charge < -0.3 is 14.4 Å². The van der Waals surface area contributed by atoms with Gasteiger partial charge >= 0.3 is 0 Å². The van der Waals surface area contributed by atoms with Crippen LogP contribution in [0.15, 0.2) is 91.0 Å². The first-order valence-electron chi connectivity index (χ1n) is 10.0. The summed E-state index contributed by atoms with van der Waals surface area (Å²) in [4.78, 5) is 14.8. The van der Waals surface area contributed by atoms with E-state index in [9.17, 15) is 4.79 Å². The number of nitrogens with zero attached hydrogens (tertiary/aromatic N) is 1. The number of carbonyl (C=O) groups is 1. The van der Waals surface area contributed by atoms with E-state index >= 15 is 0 Å². The van der Waals surface area contributed by atoms with Crippen LogP contribution >= 0.6 is 0 Å². The van der Waals surface area contributed by atoms with E-state index in [-0.39, 0.29) is 18.2 Å². The molecule has 5 rings (SSSR count). The van der Waals surface area contributed by atoms with Crippen molar-refractivity contribution in [2.75, 3.05) is 13.2 Å². The maximum Gasteiger partial charge on any atom is 0.227 e. The van der Waals surface area contributed by atoms with Crippen molar-refractivity contribution >= 4 is 5.91 Å². The minimum atomic E-state index is -0.476. The number of hydrogen-bond acceptors (Lipinski definition) is 3. The number of carbonyl (C=O) groups excluding carboxylic acids is 1. The molecule has 2 heterocycles. The van der Waals surface area contributed by atoms with Crippen LogP contribution in [0.3, 0.4) is 0 Å². The zero-order chi connectivity index (χ0) is 19.7. The summed E-state index contributed by atoms with van der Waals surface area (Å²) in [6.45, 7) is 0.902. The predicted octanol–water partition coefficient (Wildman–Crippen LogP) is 4.28. The highest BCUT2D eigenvalue weighted by Crippen LogP contribution is 2.49. The third-order valence-electron chi connectivity index (χ3n) is 5.91. The van der Waals surface area contributed by atoms with E-state index in [0.717, 1.165) is 16.7 Å². The number of β-lactam (4-membered cyclic amide) rings is 1. The summed E-state index contributed by atoms with van der Waals surface area (Å²) in [6.07, 6.45) is 0.0753. The lowest BCUT2D eigenvalue weighted by molar-refractivity contribution is -0.226. The van der Waals surface area contributed by atoms with Crippen LogP contribution in [0.2, 0.25) is 0 Å². The normalized spacial score (nSPS) is 23.4. The molecule has 0 N–H and O–H groups in total. The molecule has 29 heavy (non-hydrogen) atoms. The Kier molecular flexibility index (Phi) is 4.66. The van der Waals surface area contributed by atoms with E-state index in [1.807, 2.05) is 71.6 Å². The van der Waals surface area contributed by atoms with Crippen LogP contribution in [-0.4, -0.2) is 30.1 Å². The minimum absolute atomic E-state index is 0.128. The number of hydrogen-bond donors (Lipinski definition) is 0. The van der Waals surface area contributed by atoms with Crippen LogP contribution < -0.4 is 0 Å². The molecule has 2 aliphatic rings. The van der Waals surface area contributed by atoms with Crippen molar-refractivity contribution in [2.24, 2.45) is 0 Å². The fourth-order valence-corrected chi connectivity index (χ4v) is 4.55. The molecule has 4 heteroatoms. The number of ether oxygens (including phenoxy) is 2. The molecule has 0 radical (unpaired) electrons. The second-order valence-corrected chi connectivity index (χ2v) is 7.60. The summed E-state index contributed by atoms with van der Waals surface area (Å²) in [5.74, 6) is 0.132. The van der Waals surface area contributed by atoms with Crippen LogP contribution in [-0.2, 0) is 19.8 Å². The third-order valence-corrected chi connectivity index (χ3v) is 5.91. The lowest BCUT2D eigenvalue weighted by Crippen LogP contribution is -2.67. The molecule has 0 spiro atoms. The molecule has 1 amide bonds. The molecular weight excluding hydrogens is 362 g/mol. The lowest BCUT2D eigenvalue weighted by atomic mass is 9.71. The van der Waals surface area contributed by atoms with Gasteiger partial charge in [-0.05, 0) is 11.1 Å². The largest absolute Gasteiger partial charge is 0.346 e. The maximum atomic E-state index is 12.9. The second-order valence-electron chi connectivity index (χ2n) is 7.60. The molecule has 0 aliphatic carbocycles. The Hall–Kier alpha value is -2.95. The molecule has 0 saturated carbocycles. The maximum absolute atomic E-state index is 12.9. The van der Waals surface area contributed by atoms with Gasteiger partial charge in [0.25, 0.3) is 0 Å². The first kappa shape index (κ1) is 18.1. The van der Waals surface area contributed by atoms with E-state index < -0.39 is 5.54 Å². The Balaban J connectivity index is 1.45. The summed E-state index contributed by atoms with van der Waals surface area (Å²) in [7, 11) is 0. The molecule has 0 bridgehead atoms. The van der Waals surface area contributed by atoms with Crippen molar-refractivity contribution in [1.29, 1.82) is 0 Å². The first-order chi connectivity index (χ1) is 14.3. The van der Waals surface area contributed by atoms with Crippen LogP contribution in [0.5, 0.6) is 0 Å².